The monoisotopic (exact) mass is 366 g/mol. The molecule has 3 aromatic rings. The van der Waals surface area contributed by atoms with E-state index in [2.05, 4.69) is 10.1 Å². The number of carbonyl (C=O) groups excluding carboxylic acids is 2. The molecular formula is C21H19FN2O3. The number of hydrogen-bond donors (Lipinski definition) is 1. The predicted molar refractivity (Wildman–Crippen MR) is 101 cm³/mol. The Balaban J connectivity index is 1.72. The van der Waals surface area contributed by atoms with Crippen LogP contribution in [0.25, 0.3) is 5.69 Å². The van der Waals surface area contributed by atoms with Crippen LogP contribution in [0.15, 0.2) is 60.9 Å². The average molecular weight is 366 g/mol. The molecule has 1 N–H and O–H groups in total. The van der Waals surface area contributed by atoms with Crippen molar-refractivity contribution in [1.29, 1.82) is 0 Å². The van der Waals surface area contributed by atoms with Crippen molar-refractivity contribution in [2.75, 3.05) is 12.4 Å². The zero-order valence-corrected chi connectivity index (χ0v) is 15.0. The summed E-state index contributed by atoms with van der Waals surface area (Å²) in [4.78, 5) is 24.0. The van der Waals surface area contributed by atoms with Crippen LogP contribution in [0.1, 0.15) is 21.5 Å². The van der Waals surface area contributed by atoms with Crippen LogP contribution < -0.4 is 5.32 Å². The van der Waals surface area contributed by atoms with Crippen LogP contribution >= 0.6 is 0 Å². The lowest BCUT2D eigenvalue weighted by atomic mass is 10.1. The van der Waals surface area contributed by atoms with Gasteiger partial charge < -0.3 is 14.6 Å². The molecule has 138 valence electrons. The molecule has 0 aliphatic carbocycles. The third kappa shape index (κ3) is 4.23. The first-order valence-electron chi connectivity index (χ1n) is 8.38. The van der Waals surface area contributed by atoms with Gasteiger partial charge in [0.1, 0.15) is 5.82 Å². The maximum atomic E-state index is 14.0. The Morgan fingerprint density at radius 2 is 1.78 bits per heavy atom. The second kappa shape index (κ2) is 7.86. The summed E-state index contributed by atoms with van der Waals surface area (Å²) >= 11 is 0. The number of halogens is 1. The minimum Gasteiger partial charge on any atom is -0.465 e. The lowest BCUT2D eigenvalue weighted by molar-refractivity contribution is -0.115. The van der Waals surface area contributed by atoms with Crippen LogP contribution in [0.2, 0.25) is 0 Å². The SMILES string of the molecule is COC(=O)c1cc(F)c(C)c(NC(=O)Cc2ccc(-n3cccc3)cc2)c1. The largest absolute Gasteiger partial charge is 0.465 e. The lowest BCUT2D eigenvalue weighted by Crippen LogP contribution is -2.16. The van der Waals surface area contributed by atoms with Crippen LogP contribution in [0.3, 0.4) is 0 Å². The Morgan fingerprint density at radius 3 is 2.41 bits per heavy atom. The number of aromatic nitrogens is 1. The smallest absolute Gasteiger partial charge is 0.338 e. The molecule has 0 aliphatic heterocycles. The highest BCUT2D eigenvalue weighted by Crippen LogP contribution is 2.22. The van der Waals surface area contributed by atoms with Gasteiger partial charge in [0.25, 0.3) is 0 Å². The summed E-state index contributed by atoms with van der Waals surface area (Å²) in [6, 6.07) is 14.0. The number of hydrogen-bond acceptors (Lipinski definition) is 3. The van der Waals surface area contributed by atoms with Crippen molar-refractivity contribution in [2.24, 2.45) is 0 Å². The molecule has 0 unspecified atom stereocenters. The van der Waals surface area contributed by atoms with E-state index in [4.69, 9.17) is 0 Å². The summed E-state index contributed by atoms with van der Waals surface area (Å²) in [5, 5.41) is 2.67. The molecule has 0 aliphatic rings. The van der Waals surface area contributed by atoms with Crippen molar-refractivity contribution in [3.05, 3.63) is 83.4 Å². The minimum atomic E-state index is -0.662. The van der Waals surface area contributed by atoms with E-state index in [1.165, 1.54) is 20.1 Å². The van der Waals surface area contributed by atoms with Gasteiger partial charge in [0.05, 0.1) is 19.1 Å². The number of benzene rings is 2. The van der Waals surface area contributed by atoms with E-state index in [0.29, 0.717) is 0 Å². The van der Waals surface area contributed by atoms with Gasteiger partial charge in [-0.2, -0.15) is 0 Å². The molecule has 0 radical (unpaired) electrons. The summed E-state index contributed by atoms with van der Waals surface area (Å²) < 4.78 is 20.6. The van der Waals surface area contributed by atoms with Gasteiger partial charge in [0, 0.05) is 29.3 Å². The first kappa shape index (κ1) is 18.4. The third-order valence-electron chi connectivity index (χ3n) is 4.24. The summed E-state index contributed by atoms with van der Waals surface area (Å²) in [7, 11) is 1.22. The molecule has 5 nitrogen and oxygen atoms in total. The number of nitrogens with zero attached hydrogens (tertiary/aromatic N) is 1. The number of methoxy groups -OCH3 is 1. The van der Waals surface area contributed by atoms with E-state index in [1.54, 1.807) is 0 Å². The van der Waals surface area contributed by atoms with Crippen molar-refractivity contribution >= 4 is 17.6 Å². The molecule has 3 rings (SSSR count). The summed E-state index contributed by atoms with van der Waals surface area (Å²) in [6.45, 7) is 1.54. The van der Waals surface area contributed by atoms with Gasteiger partial charge in [0.15, 0.2) is 0 Å². The molecule has 0 fully saturated rings. The first-order valence-corrected chi connectivity index (χ1v) is 8.38. The highest BCUT2D eigenvalue weighted by atomic mass is 19.1. The van der Waals surface area contributed by atoms with Crippen molar-refractivity contribution in [1.82, 2.24) is 4.57 Å². The molecule has 0 atom stereocenters. The summed E-state index contributed by atoms with van der Waals surface area (Å²) in [5.41, 5.74) is 2.38. The van der Waals surface area contributed by atoms with Crippen molar-refractivity contribution in [3.63, 3.8) is 0 Å². The van der Waals surface area contributed by atoms with Gasteiger partial charge in [-0.3, -0.25) is 4.79 Å². The zero-order valence-electron chi connectivity index (χ0n) is 15.0. The molecule has 27 heavy (non-hydrogen) atoms. The molecule has 1 heterocycles. The first-order chi connectivity index (χ1) is 13.0. The van der Waals surface area contributed by atoms with Gasteiger partial charge in [-0.25, -0.2) is 9.18 Å². The van der Waals surface area contributed by atoms with Crippen LogP contribution in [0.5, 0.6) is 0 Å². The van der Waals surface area contributed by atoms with Crippen LogP contribution in [0.4, 0.5) is 10.1 Å². The predicted octanol–water partition coefficient (Wildman–Crippen LogP) is 3.89. The Morgan fingerprint density at radius 1 is 1.11 bits per heavy atom. The van der Waals surface area contributed by atoms with E-state index in [1.807, 2.05) is 53.4 Å². The number of carbonyl (C=O) groups is 2. The lowest BCUT2D eigenvalue weighted by Gasteiger charge is -2.11. The fraction of sp³-hybridized carbons (Fsp3) is 0.143. The second-order valence-corrected chi connectivity index (χ2v) is 6.10. The third-order valence-corrected chi connectivity index (χ3v) is 4.24. The normalized spacial score (nSPS) is 10.5. The molecule has 1 amide bonds. The second-order valence-electron chi connectivity index (χ2n) is 6.10. The van der Waals surface area contributed by atoms with Crippen molar-refractivity contribution in [3.8, 4) is 5.69 Å². The molecule has 0 bridgehead atoms. The molecule has 0 spiro atoms. The number of anilines is 1. The minimum absolute atomic E-state index is 0.0481. The highest BCUT2D eigenvalue weighted by Gasteiger charge is 2.15. The fourth-order valence-corrected chi connectivity index (χ4v) is 2.72. The molecule has 0 saturated carbocycles. The number of ether oxygens (including phenoxy) is 1. The van der Waals surface area contributed by atoms with Crippen LogP contribution in [-0.2, 0) is 16.0 Å². The quantitative estimate of drug-likeness (QED) is 0.697. The van der Waals surface area contributed by atoms with E-state index in [9.17, 15) is 14.0 Å². The fourth-order valence-electron chi connectivity index (χ4n) is 2.72. The Kier molecular flexibility index (Phi) is 5.35. The van der Waals surface area contributed by atoms with Gasteiger partial charge in [-0.05, 0) is 48.9 Å². The standard InChI is InChI=1S/C21H19FN2O3/c1-14-18(22)12-16(21(26)27-2)13-19(14)23-20(25)11-15-5-7-17(8-6-15)24-9-3-4-10-24/h3-10,12-13H,11H2,1-2H3,(H,23,25). The molecule has 0 saturated heterocycles. The van der Waals surface area contributed by atoms with Gasteiger partial charge in [0.2, 0.25) is 5.91 Å². The van der Waals surface area contributed by atoms with Gasteiger partial charge in [-0.1, -0.05) is 12.1 Å². The number of rotatable bonds is 5. The van der Waals surface area contributed by atoms with Gasteiger partial charge in [-0.15, -0.1) is 0 Å². The average Bonchev–Trinajstić information content (AvgIpc) is 3.20. The summed E-state index contributed by atoms with van der Waals surface area (Å²) in [5.74, 6) is -1.54. The van der Waals surface area contributed by atoms with Gasteiger partial charge >= 0.3 is 5.97 Å². The number of nitrogens with one attached hydrogen (secondary N) is 1. The molecule has 1 aromatic heterocycles. The molecular weight excluding hydrogens is 347 g/mol. The maximum Gasteiger partial charge on any atom is 0.338 e. The van der Waals surface area contributed by atoms with Crippen molar-refractivity contribution in [2.45, 2.75) is 13.3 Å². The number of esters is 1. The Bertz CT molecular complexity index is 964. The summed E-state index contributed by atoms with van der Waals surface area (Å²) in [6.07, 6.45) is 4.01. The number of amides is 1. The van der Waals surface area contributed by atoms with E-state index >= 15 is 0 Å². The Labute approximate surface area is 156 Å². The molecule has 6 heteroatoms. The maximum absolute atomic E-state index is 14.0. The van der Waals surface area contributed by atoms with Crippen LogP contribution in [-0.4, -0.2) is 23.6 Å². The molecule has 2 aromatic carbocycles. The van der Waals surface area contributed by atoms with Crippen molar-refractivity contribution < 1.29 is 18.7 Å². The highest BCUT2D eigenvalue weighted by molar-refractivity contribution is 5.96. The topological polar surface area (TPSA) is 60.3 Å². The van der Waals surface area contributed by atoms with E-state index in [-0.39, 0.29) is 29.1 Å². The van der Waals surface area contributed by atoms with E-state index < -0.39 is 11.8 Å². The zero-order chi connectivity index (χ0) is 19.4. The van der Waals surface area contributed by atoms with Crippen LogP contribution in [0, 0.1) is 12.7 Å². The van der Waals surface area contributed by atoms with E-state index in [0.717, 1.165) is 17.3 Å². The Hall–Kier alpha value is -3.41.